The van der Waals surface area contributed by atoms with Gasteiger partial charge in [0.2, 0.25) is 5.91 Å². The molecule has 14 heteroatoms. The Morgan fingerprint density at radius 3 is 2.50 bits per heavy atom. The molecule has 1 aliphatic heterocycles. The number of carbonyl (C=O) groups is 3. The van der Waals surface area contributed by atoms with Gasteiger partial charge in [0.25, 0.3) is 5.91 Å². The summed E-state index contributed by atoms with van der Waals surface area (Å²) < 4.78 is 58.2. The van der Waals surface area contributed by atoms with Crippen LogP contribution in [0.5, 0.6) is 0 Å². The monoisotopic (exact) mass is 618 g/mol. The first-order valence-electron chi connectivity index (χ1n) is 11.9. The number of nitrogens with one attached hydrogen (secondary N) is 1. The van der Waals surface area contributed by atoms with E-state index in [9.17, 15) is 37.1 Å². The molecule has 1 aliphatic rings. The van der Waals surface area contributed by atoms with Gasteiger partial charge in [0.05, 0.1) is 16.5 Å². The molecule has 2 aromatic rings. The minimum absolute atomic E-state index is 0.0470. The number of halogens is 4. The number of benzene rings is 1. The van der Waals surface area contributed by atoms with Gasteiger partial charge in [0, 0.05) is 17.8 Å². The van der Waals surface area contributed by atoms with E-state index in [2.05, 4.69) is 5.32 Å². The number of esters is 1. The van der Waals surface area contributed by atoms with Crippen LogP contribution in [-0.2, 0) is 25.3 Å². The zero-order chi connectivity index (χ0) is 30.0. The van der Waals surface area contributed by atoms with Gasteiger partial charge in [-0.3, -0.25) is 14.5 Å². The van der Waals surface area contributed by atoms with E-state index in [1.54, 1.807) is 38.3 Å². The van der Waals surface area contributed by atoms with Crippen molar-refractivity contribution in [1.29, 1.82) is 0 Å². The SMILES string of the molecule is C[C@@H](NC(=O)CCN1C(=O)/C(=C/c2cc(-c3ccc(F)c(C(F)(F)F)c3)cs2)SC1=S)[C@H](O)C(=O)OC(C)(C)C. The molecule has 0 spiro atoms. The lowest BCUT2D eigenvalue weighted by Gasteiger charge is -2.25. The van der Waals surface area contributed by atoms with Gasteiger partial charge in [-0.25, -0.2) is 9.18 Å². The average Bonchev–Trinajstić information content (AvgIpc) is 3.39. The van der Waals surface area contributed by atoms with Crippen molar-refractivity contribution in [1.82, 2.24) is 10.2 Å². The van der Waals surface area contributed by atoms with Crippen LogP contribution in [0.3, 0.4) is 0 Å². The number of ether oxygens (including phenoxy) is 1. The summed E-state index contributed by atoms with van der Waals surface area (Å²) in [6, 6.07) is 3.38. The third kappa shape index (κ3) is 8.12. The molecule has 2 atom stereocenters. The molecular formula is C26H26F4N2O5S3. The van der Waals surface area contributed by atoms with Crippen molar-refractivity contribution in [3.63, 3.8) is 0 Å². The van der Waals surface area contributed by atoms with Crippen LogP contribution in [0.15, 0.2) is 34.6 Å². The Labute approximate surface area is 241 Å². The first-order chi connectivity index (χ1) is 18.5. The van der Waals surface area contributed by atoms with Crippen molar-refractivity contribution < 1.29 is 41.8 Å². The molecular weight excluding hydrogens is 592 g/mol. The molecule has 7 nitrogen and oxygen atoms in total. The molecule has 2 N–H and O–H groups in total. The molecule has 0 aliphatic carbocycles. The molecule has 1 fully saturated rings. The number of hydrogen-bond acceptors (Lipinski definition) is 8. The van der Waals surface area contributed by atoms with E-state index in [0.717, 1.165) is 23.9 Å². The Bertz CT molecular complexity index is 1350. The second-order valence-electron chi connectivity index (χ2n) is 9.85. The van der Waals surface area contributed by atoms with Crippen LogP contribution in [0, 0.1) is 5.82 Å². The van der Waals surface area contributed by atoms with Crippen LogP contribution in [0.4, 0.5) is 17.6 Å². The van der Waals surface area contributed by atoms with Gasteiger partial charge in [0.1, 0.15) is 15.7 Å². The fourth-order valence-corrected chi connectivity index (χ4v) is 5.73. The Kier molecular flexibility index (Phi) is 9.81. The molecule has 0 radical (unpaired) electrons. The lowest BCUT2D eigenvalue weighted by molar-refractivity contribution is -0.166. The molecule has 1 saturated heterocycles. The number of thioether (sulfide) groups is 1. The topological polar surface area (TPSA) is 95.9 Å². The van der Waals surface area contributed by atoms with Crippen LogP contribution in [-0.4, -0.2) is 56.4 Å². The summed E-state index contributed by atoms with van der Waals surface area (Å²) in [5.41, 5.74) is -1.57. The molecule has 1 aromatic heterocycles. The lowest BCUT2D eigenvalue weighted by Crippen LogP contribution is -2.47. The fourth-order valence-electron chi connectivity index (χ4n) is 3.51. The van der Waals surface area contributed by atoms with Gasteiger partial charge in [0.15, 0.2) is 6.10 Å². The van der Waals surface area contributed by atoms with Gasteiger partial charge >= 0.3 is 12.1 Å². The van der Waals surface area contributed by atoms with E-state index in [0.29, 0.717) is 10.4 Å². The van der Waals surface area contributed by atoms with Crippen molar-refractivity contribution in [2.45, 2.75) is 58.0 Å². The number of thiocarbonyl (C=S) groups is 1. The van der Waals surface area contributed by atoms with Crippen LogP contribution in [0.1, 0.15) is 44.6 Å². The van der Waals surface area contributed by atoms with E-state index in [1.807, 2.05) is 0 Å². The number of aliphatic hydroxyl groups is 1. The van der Waals surface area contributed by atoms with E-state index in [-0.39, 0.29) is 27.8 Å². The van der Waals surface area contributed by atoms with Crippen LogP contribution >= 0.6 is 35.3 Å². The smallest absolute Gasteiger partial charge is 0.419 e. The summed E-state index contributed by atoms with van der Waals surface area (Å²) in [7, 11) is 0. The maximum Gasteiger partial charge on any atom is 0.419 e. The molecule has 2 amide bonds. The molecule has 1 aromatic carbocycles. The number of alkyl halides is 3. The summed E-state index contributed by atoms with van der Waals surface area (Å²) in [4.78, 5) is 39.4. The van der Waals surface area contributed by atoms with Crippen LogP contribution < -0.4 is 5.32 Å². The number of amides is 2. The van der Waals surface area contributed by atoms with Crippen molar-refractivity contribution in [3.8, 4) is 11.1 Å². The summed E-state index contributed by atoms with van der Waals surface area (Å²) in [5, 5.41) is 14.2. The number of nitrogens with zero attached hydrogens (tertiary/aromatic N) is 1. The van der Waals surface area contributed by atoms with Gasteiger partial charge in [-0.1, -0.05) is 30.0 Å². The van der Waals surface area contributed by atoms with Gasteiger partial charge in [-0.15, -0.1) is 11.3 Å². The maximum absolute atomic E-state index is 13.6. The van der Waals surface area contributed by atoms with E-state index in [1.165, 1.54) is 29.2 Å². The first kappa shape index (κ1) is 31.7. The number of rotatable bonds is 8. The quantitative estimate of drug-likeness (QED) is 0.178. The number of aliphatic hydroxyl groups excluding tert-OH is 1. The standard InChI is InChI=1S/C26H26F4N2O5S3/c1-13(21(34)23(36)37-25(2,3)4)31-20(33)7-8-32-22(35)19(40-24(32)38)11-16-9-15(12-39-16)14-5-6-18(27)17(10-14)26(28,29)30/h5-6,9-13,21,34H,7-8H2,1-4H3,(H,31,33)/b19-11-/t13-,21+/m1/s1. The first-order valence-corrected chi connectivity index (χ1v) is 14.0. The third-order valence-electron chi connectivity index (χ3n) is 5.44. The van der Waals surface area contributed by atoms with Crippen molar-refractivity contribution in [2.24, 2.45) is 0 Å². The molecule has 0 bridgehead atoms. The van der Waals surface area contributed by atoms with Crippen molar-refractivity contribution in [3.05, 3.63) is 50.8 Å². The second kappa shape index (κ2) is 12.4. The Balaban J connectivity index is 1.61. The minimum Gasteiger partial charge on any atom is -0.458 e. The maximum atomic E-state index is 13.6. The number of carbonyl (C=O) groups excluding carboxylic acids is 3. The van der Waals surface area contributed by atoms with E-state index in [4.69, 9.17) is 17.0 Å². The largest absolute Gasteiger partial charge is 0.458 e. The highest BCUT2D eigenvalue weighted by atomic mass is 32.2. The van der Waals surface area contributed by atoms with Crippen LogP contribution in [0.25, 0.3) is 17.2 Å². The molecule has 216 valence electrons. The third-order valence-corrected chi connectivity index (χ3v) is 7.70. The molecule has 0 unspecified atom stereocenters. The predicted octanol–water partition coefficient (Wildman–Crippen LogP) is 5.37. The highest BCUT2D eigenvalue weighted by Gasteiger charge is 2.35. The normalized spacial score (nSPS) is 16.8. The molecule has 3 rings (SSSR count). The molecule has 2 heterocycles. The zero-order valence-electron chi connectivity index (χ0n) is 21.8. The Morgan fingerprint density at radius 1 is 1.20 bits per heavy atom. The zero-order valence-corrected chi connectivity index (χ0v) is 24.2. The van der Waals surface area contributed by atoms with Crippen LogP contribution in [0.2, 0.25) is 0 Å². The number of thiophene rings is 1. The summed E-state index contributed by atoms with van der Waals surface area (Å²) >= 11 is 7.47. The summed E-state index contributed by atoms with van der Waals surface area (Å²) in [5.74, 6) is -3.20. The minimum atomic E-state index is -4.83. The summed E-state index contributed by atoms with van der Waals surface area (Å²) in [6.07, 6.45) is -5.02. The van der Waals surface area contributed by atoms with Gasteiger partial charge in [-0.2, -0.15) is 13.2 Å². The Hall–Kier alpha value is -2.81. The van der Waals surface area contributed by atoms with Crippen molar-refractivity contribution >= 4 is 63.5 Å². The summed E-state index contributed by atoms with van der Waals surface area (Å²) in [6.45, 7) is 6.34. The molecule has 40 heavy (non-hydrogen) atoms. The predicted molar refractivity (Wildman–Crippen MR) is 149 cm³/mol. The molecule has 0 saturated carbocycles. The fraction of sp³-hybridized carbons (Fsp3) is 0.385. The lowest BCUT2D eigenvalue weighted by atomic mass is 10.0. The van der Waals surface area contributed by atoms with E-state index < -0.39 is 53.1 Å². The van der Waals surface area contributed by atoms with Gasteiger partial charge in [-0.05, 0) is 68.5 Å². The number of hydrogen-bond donors (Lipinski definition) is 2. The highest BCUT2D eigenvalue weighted by molar-refractivity contribution is 8.26. The Morgan fingerprint density at radius 2 is 1.88 bits per heavy atom. The van der Waals surface area contributed by atoms with E-state index >= 15 is 0 Å². The van der Waals surface area contributed by atoms with Crippen molar-refractivity contribution in [2.75, 3.05) is 6.54 Å². The average molecular weight is 619 g/mol. The van der Waals surface area contributed by atoms with Gasteiger partial charge < -0.3 is 15.2 Å². The highest BCUT2D eigenvalue weighted by Crippen LogP contribution is 2.37. The second-order valence-corrected chi connectivity index (χ2v) is 12.5.